The number of ether oxygens (including phenoxy) is 1. The number of rotatable bonds is 20. The molecule has 0 aliphatic carbocycles. The van der Waals surface area contributed by atoms with Gasteiger partial charge in [-0.1, -0.05) is 90.9 Å². The Kier molecular flexibility index (Phi) is 19.3. The summed E-state index contributed by atoms with van der Waals surface area (Å²) in [6, 6.07) is 0. The number of unbranched alkanes of at least 4 members (excludes halogenated alkanes) is 11. The third kappa shape index (κ3) is 18.5. The van der Waals surface area contributed by atoms with E-state index in [2.05, 4.69) is 13.8 Å². The summed E-state index contributed by atoms with van der Waals surface area (Å²) in [5.41, 5.74) is 0. The predicted molar refractivity (Wildman–Crippen MR) is 112 cm³/mol. The first-order chi connectivity index (χ1) is 12.6. The number of halogens is 1. The molecule has 0 radical (unpaired) electrons. The Labute approximate surface area is 167 Å². The van der Waals surface area contributed by atoms with Crippen LogP contribution in [0.4, 0.5) is 0 Å². The fourth-order valence-corrected chi connectivity index (χ4v) is 3.36. The molecule has 0 fully saturated rings. The molecule has 26 heavy (non-hydrogen) atoms. The quantitative estimate of drug-likeness (QED) is 0.176. The molecule has 0 rings (SSSR count). The maximum Gasteiger partial charge on any atom is 0.332 e. The second-order valence-electron chi connectivity index (χ2n) is 7.95. The first kappa shape index (κ1) is 25.7. The number of carboxylic acids is 1. The van der Waals surface area contributed by atoms with E-state index < -0.39 is 12.1 Å². The molecular formula is C22H43ClO3. The van der Waals surface area contributed by atoms with Gasteiger partial charge in [-0.05, 0) is 25.2 Å². The van der Waals surface area contributed by atoms with Crippen molar-refractivity contribution < 1.29 is 14.6 Å². The summed E-state index contributed by atoms with van der Waals surface area (Å²) in [4.78, 5) is 11.3. The van der Waals surface area contributed by atoms with Crippen molar-refractivity contribution in [2.24, 2.45) is 5.92 Å². The van der Waals surface area contributed by atoms with Crippen molar-refractivity contribution in [2.75, 3.05) is 12.5 Å². The van der Waals surface area contributed by atoms with E-state index in [1.807, 2.05) is 0 Å². The van der Waals surface area contributed by atoms with E-state index >= 15 is 0 Å². The van der Waals surface area contributed by atoms with Crippen molar-refractivity contribution in [1.29, 1.82) is 0 Å². The summed E-state index contributed by atoms with van der Waals surface area (Å²) in [5, 5.41) is 9.28. The van der Waals surface area contributed by atoms with E-state index in [-0.39, 0.29) is 0 Å². The molecule has 0 amide bonds. The van der Waals surface area contributed by atoms with Crippen LogP contribution in [0.25, 0.3) is 0 Å². The third-order valence-electron chi connectivity index (χ3n) is 4.87. The van der Waals surface area contributed by atoms with E-state index in [0.29, 0.717) is 13.0 Å². The second-order valence-corrected chi connectivity index (χ2v) is 8.33. The fraction of sp³-hybridized carbons (Fsp3) is 0.955. The number of aliphatic carboxylic acids is 1. The lowest BCUT2D eigenvalue weighted by molar-refractivity contribution is -0.151. The van der Waals surface area contributed by atoms with Gasteiger partial charge in [-0.25, -0.2) is 4.79 Å². The summed E-state index contributed by atoms with van der Waals surface area (Å²) >= 11 is 5.65. The van der Waals surface area contributed by atoms with Crippen LogP contribution in [0, 0.1) is 5.92 Å². The normalized spacial score (nSPS) is 12.6. The lowest BCUT2D eigenvalue weighted by atomic mass is 10.0. The van der Waals surface area contributed by atoms with Crippen molar-refractivity contribution in [3.63, 3.8) is 0 Å². The summed E-state index contributed by atoms with van der Waals surface area (Å²) in [7, 11) is 0. The van der Waals surface area contributed by atoms with E-state index in [1.54, 1.807) is 0 Å². The van der Waals surface area contributed by atoms with Gasteiger partial charge in [-0.2, -0.15) is 0 Å². The number of alkyl halides is 1. The highest BCUT2D eigenvalue weighted by atomic mass is 35.5. The van der Waals surface area contributed by atoms with Gasteiger partial charge in [0.2, 0.25) is 0 Å². The highest BCUT2D eigenvalue weighted by Gasteiger charge is 2.16. The summed E-state index contributed by atoms with van der Waals surface area (Å²) in [6.45, 7) is 5.14. The number of carboxylic acid groups (broad SMARTS) is 1. The first-order valence-electron chi connectivity index (χ1n) is 11.0. The molecule has 1 atom stereocenters. The number of hydrogen-bond donors (Lipinski definition) is 1. The lowest BCUT2D eigenvalue weighted by Gasteiger charge is -2.13. The van der Waals surface area contributed by atoms with Gasteiger partial charge in [0.15, 0.2) is 6.10 Å². The molecule has 3 nitrogen and oxygen atoms in total. The molecule has 0 heterocycles. The van der Waals surface area contributed by atoms with Gasteiger partial charge in [0, 0.05) is 12.5 Å². The first-order valence-corrected chi connectivity index (χ1v) is 11.5. The monoisotopic (exact) mass is 390 g/mol. The highest BCUT2D eigenvalue weighted by molar-refractivity contribution is 6.17. The molecule has 0 aliphatic heterocycles. The van der Waals surface area contributed by atoms with Crippen molar-refractivity contribution in [3.05, 3.63) is 0 Å². The Hall–Kier alpha value is -0.280. The number of hydrogen-bond acceptors (Lipinski definition) is 2. The van der Waals surface area contributed by atoms with E-state index in [9.17, 15) is 9.90 Å². The summed E-state index contributed by atoms with van der Waals surface area (Å²) in [6.07, 6.45) is 16.7. The minimum atomic E-state index is -0.805. The molecule has 0 bridgehead atoms. The Balaban J connectivity index is 3.49. The standard InChI is InChI=1S/C22H43ClO3/c1-20(2)16-12-8-4-3-5-9-13-17-21(22(24)25)26-19-15-11-7-6-10-14-18-23/h20-21H,3-19H2,1-2H3,(H,24,25). The van der Waals surface area contributed by atoms with Crippen molar-refractivity contribution >= 4 is 17.6 Å². The van der Waals surface area contributed by atoms with Gasteiger partial charge < -0.3 is 9.84 Å². The zero-order chi connectivity index (χ0) is 19.5. The van der Waals surface area contributed by atoms with Gasteiger partial charge >= 0.3 is 5.97 Å². The third-order valence-corrected chi connectivity index (χ3v) is 5.14. The van der Waals surface area contributed by atoms with E-state index in [0.717, 1.165) is 43.9 Å². The van der Waals surface area contributed by atoms with Gasteiger partial charge in [-0.15, -0.1) is 11.6 Å². The van der Waals surface area contributed by atoms with Crippen LogP contribution >= 0.6 is 11.6 Å². The molecule has 0 spiro atoms. The highest BCUT2D eigenvalue weighted by Crippen LogP contribution is 2.14. The Morgan fingerprint density at radius 1 is 0.769 bits per heavy atom. The lowest BCUT2D eigenvalue weighted by Crippen LogP contribution is -2.24. The SMILES string of the molecule is CC(C)CCCCCCCCCC(OCCCCCCCCCl)C(=O)O. The van der Waals surface area contributed by atoms with E-state index in [4.69, 9.17) is 16.3 Å². The number of carbonyl (C=O) groups is 1. The van der Waals surface area contributed by atoms with Gasteiger partial charge in [-0.3, -0.25) is 0 Å². The molecule has 0 aromatic carbocycles. The molecule has 0 aromatic heterocycles. The average Bonchev–Trinajstić information content (AvgIpc) is 2.60. The topological polar surface area (TPSA) is 46.5 Å². The maximum absolute atomic E-state index is 11.3. The van der Waals surface area contributed by atoms with Crippen LogP contribution in [0.15, 0.2) is 0 Å². The molecule has 0 aromatic rings. The molecule has 1 unspecified atom stereocenters. The molecule has 0 saturated heterocycles. The van der Waals surface area contributed by atoms with Crippen molar-refractivity contribution in [1.82, 2.24) is 0 Å². The molecule has 0 aliphatic rings. The largest absolute Gasteiger partial charge is 0.479 e. The fourth-order valence-electron chi connectivity index (χ4n) is 3.17. The Morgan fingerprint density at radius 2 is 1.23 bits per heavy atom. The van der Waals surface area contributed by atoms with Crippen LogP contribution in [0.2, 0.25) is 0 Å². The van der Waals surface area contributed by atoms with Crippen LogP contribution < -0.4 is 0 Å². The second kappa shape index (κ2) is 19.5. The Bertz CT molecular complexity index is 308. The van der Waals surface area contributed by atoms with Gasteiger partial charge in [0.05, 0.1) is 0 Å². The van der Waals surface area contributed by atoms with Crippen LogP contribution in [-0.4, -0.2) is 29.7 Å². The van der Waals surface area contributed by atoms with Crippen molar-refractivity contribution in [3.8, 4) is 0 Å². The Morgan fingerprint density at radius 3 is 1.73 bits per heavy atom. The molecule has 156 valence electrons. The zero-order valence-electron chi connectivity index (χ0n) is 17.3. The minimum absolute atomic E-state index is 0.572. The summed E-state index contributed by atoms with van der Waals surface area (Å²) < 4.78 is 5.59. The molecule has 1 N–H and O–H groups in total. The van der Waals surface area contributed by atoms with Crippen LogP contribution in [0.5, 0.6) is 0 Å². The molecular weight excluding hydrogens is 348 g/mol. The van der Waals surface area contributed by atoms with Gasteiger partial charge in [0.25, 0.3) is 0 Å². The minimum Gasteiger partial charge on any atom is -0.479 e. The molecule has 0 saturated carbocycles. The maximum atomic E-state index is 11.3. The smallest absolute Gasteiger partial charge is 0.332 e. The van der Waals surface area contributed by atoms with Gasteiger partial charge in [0.1, 0.15) is 0 Å². The predicted octanol–water partition coefficient (Wildman–Crippen LogP) is 7.20. The van der Waals surface area contributed by atoms with Crippen molar-refractivity contribution in [2.45, 2.75) is 116 Å². The zero-order valence-corrected chi connectivity index (χ0v) is 18.1. The summed E-state index contributed by atoms with van der Waals surface area (Å²) in [5.74, 6) is 0.765. The molecule has 4 heteroatoms. The van der Waals surface area contributed by atoms with E-state index in [1.165, 1.54) is 57.8 Å². The van der Waals surface area contributed by atoms with Crippen LogP contribution in [-0.2, 0) is 9.53 Å². The van der Waals surface area contributed by atoms with Crippen LogP contribution in [0.1, 0.15) is 110 Å². The van der Waals surface area contributed by atoms with Crippen LogP contribution in [0.3, 0.4) is 0 Å². The average molecular weight is 391 g/mol.